The SMILES string of the molecule is CCN1CCOC[C@@]1(C#N)CO. The van der Waals surface area contributed by atoms with Crippen molar-refractivity contribution < 1.29 is 9.84 Å². The fraction of sp³-hybridized carbons (Fsp3) is 0.875. The Bertz CT molecular complexity index is 190. The van der Waals surface area contributed by atoms with E-state index in [0.29, 0.717) is 13.2 Å². The number of morpholine rings is 1. The van der Waals surface area contributed by atoms with Gasteiger partial charge in [-0.25, -0.2) is 0 Å². The smallest absolute Gasteiger partial charge is 0.156 e. The number of hydrogen-bond donors (Lipinski definition) is 1. The molecular formula is C8H14N2O2. The molecule has 1 heterocycles. The van der Waals surface area contributed by atoms with Crippen molar-refractivity contribution in [3.8, 4) is 6.07 Å². The first-order valence-corrected chi connectivity index (χ1v) is 4.14. The van der Waals surface area contributed by atoms with Crippen molar-refractivity contribution in [2.75, 3.05) is 32.9 Å². The molecule has 0 bridgehead atoms. The molecule has 0 aromatic heterocycles. The number of nitriles is 1. The van der Waals surface area contributed by atoms with Crippen LogP contribution in [-0.2, 0) is 4.74 Å². The Morgan fingerprint density at radius 1 is 1.75 bits per heavy atom. The summed E-state index contributed by atoms with van der Waals surface area (Å²) >= 11 is 0. The van der Waals surface area contributed by atoms with Gasteiger partial charge in [0.25, 0.3) is 0 Å². The van der Waals surface area contributed by atoms with Crippen LogP contribution in [0.15, 0.2) is 0 Å². The standard InChI is InChI=1S/C8H14N2O2/c1-2-10-3-4-12-7-8(10,5-9)6-11/h11H,2-4,6-7H2,1H3/t8-/m1/s1. The normalized spacial score (nSPS) is 31.4. The van der Waals surface area contributed by atoms with Gasteiger partial charge in [-0.3, -0.25) is 4.90 Å². The summed E-state index contributed by atoms with van der Waals surface area (Å²) in [6, 6.07) is 2.12. The summed E-state index contributed by atoms with van der Waals surface area (Å²) in [5, 5.41) is 18.0. The summed E-state index contributed by atoms with van der Waals surface area (Å²) in [5.74, 6) is 0. The van der Waals surface area contributed by atoms with Gasteiger partial charge in [0.1, 0.15) is 0 Å². The molecule has 68 valence electrons. The molecule has 4 nitrogen and oxygen atoms in total. The number of ether oxygens (including phenoxy) is 1. The van der Waals surface area contributed by atoms with E-state index in [9.17, 15) is 0 Å². The molecule has 1 rings (SSSR count). The van der Waals surface area contributed by atoms with Gasteiger partial charge in [0.05, 0.1) is 25.9 Å². The summed E-state index contributed by atoms with van der Waals surface area (Å²) in [6.45, 7) is 4.29. The summed E-state index contributed by atoms with van der Waals surface area (Å²) in [5.41, 5.74) is -0.799. The van der Waals surface area contributed by atoms with Gasteiger partial charge in [-0.05, 0) is 6.54 Å². The van der Waals surface area contributed by atoms with Crippen LogP contribution in [0.3, 0.4) is 0 Å². The molecule has 12 heavy (non-hydrogen) atoms. The Labute approximate surface area is 72.3 Å². The van der Waals surface area contributed by atoms with Crippen molar-refractivity contribution in [2.24, 2.45) is 0 Å². The highest BCUT2D eigenvalue weighted by atomic mass is 16.5. The Kier molecular flexibility index (Phi) is 3.04. The molecule has 1 N–H and O–H groups in total. The second-order valence-electron chi connectivity index (χ2n) is 2.93. The number of aliphatic hydroxyl groups is 1. The number of nitrogens with zero attached hydrogens (tertiary/aromatic N) is 2. The second-order valence-corrected chi connectivity index (χ2v) is 2.93. The molecule has 0 aromatic carbocycles. The predicted molar refractivity (Wildman–Crippen MR) is 43.5 cm³/mol. The summed E-state index contributed by atoms with van der Waals surface area (Å²) in [6.07, 6.45) is 0. The molecule has 1 atom stereocenters. The molecule has 0 radical (unpaired) electrons. The lowest BCUT2D eigenvalue weighted by Gasteiger charge is -2.40. The monoisotopic (exact) mass is 170 g/mol. The number of likely N-dealkylation sites (N-methyl/N-ethyl adjacent to an activating group) is 1. The van der Waals surface area contributed by atoms with Crippen molar-refractivity contribution in [3.05, 3.63) is 0 Å². The molecule has 0 aliphatic carbocycles. The number of hydrogen-bond acceptors (Lipinski definition) is 4. The summed E-state index contributed by atoms with van der Waals surface area (Å²) < 4.78 is 5.18. The van der Waals surface area contributed by atoms with Crippen LogP contribution in [0.25, 0.3) is 0 Å². The third-order valence-electron chi connectivity index (χ3n) is 2.30. The van der Waals surface area contributed by atoms with Crippen LogP contribution < -0.4 is 0 Å². The molecule has 0 saturated carbocycles. The molecule has 1 fully saturated rings. The lowest BCUT2D eigenvalue weighted by Crippen LogP contribution is -2.58. The van der Waals surface area contributed by atoms with E-state index >= 15 is 0 Å². The highest BCUT2D eigenvalue weighted by Gasteiger charge is 2.38. The fourth-order valence-corrected chi connectivity index (χ4v) is 1.47. The first-order chi connectivity index (χ1) is 5.79. The maximum atomic E-state index is 9.10. The maximum absolute atomic E-state index is 9.10. The minimum absolute atomic E-state index is 0.155. The zero-order valence-electron chi connectivity index (χ0n) is 7.29. The van der Waals surface area contributed by atoms with Crippen LogP contribution in [0.1, 0.15) is 6.92 Å². The van der Waals surface area contributed by atoms with Crippen molar-refractivity contribution in [1.29, 1.82) is 5.26 Å². The topological polar surface area (TPSA) is 56.5 Å². The molecule has 0 unspecified atom stereocenters. The predicted octanol–water partition coefficient (Wildman–Crippen LogP) is -0.407. The van der Waals surface area contributed by atoms with Crippen LogP contribution in [0, 0.1) is 11.3 Å². The molecule has 0 spiro atoms. The summed E-state index contributed by atoms with van der Waals surface area (Å²) in [4.78, 5) is 1.95. The molecular weight excluding hydrogens is 156 g/mol. The van der Waals surface area contributed by atoms with Crippen LogP contribution in [0.5, 0.6) is 0 Å². The number of aliphatic hydroxyl groups excluding tert-OH is 1. The van der Waals surface area contributed by atoms with Gasteiger partial charge in [-0.15, -0.1) is 0 Å². The maximum Gasteiger partial charge on any atom is 0.156 e. The van der Waals surface area contributed by atoms with Crippen LogP contribution in [0.2, 0.25) is 0 Å². The van der Waals surface area contributed by atoms with Crippen molar-refractivity contribution >= 4 is 0 Å². The second kappa shape index (κ2) is 3.85. The van der Waals surface area contributed by atoms with Crippen molar-refractivity contribution in [2.45, 2.75) is 12.5 Å². The van der Waals surface area contributed by atoms with E-state index in [1.54, 1.807) is 0 Å². The van der Waals surface area contributed by atoms with E-state index in [1.165, 1.54) is 0 Å². The average molecular weight is 170 g/mol. The first kappa shape index (κ1) is 9.46. The Hall–Kier alpha value is -0.630. The third kappa shape index (κ3) is 1.44. The van der Waals surface area contributed by atoms with Crippen molar-refractivity contribution in [1.82, 2.24) is 4.90 Å². The van der Waals surface area contributed by atoms with Gasteiger partial charge < -0.3 is 9.84 Å². The highest BCUT2D eigenvalue weighted by molar-refractivity contribution is 5.09. The minimum Gasteiger partial charge on any atom is -0.393 e. The fourth-order valence-electron chi connectivity index (χ4n) is 1.47. The van der Waals surface area contributed by atoms with Crippen LogP contribution in [0.4, 0.5) is 0 Å². The van der Waals surface area contributed by atoms with E-state index < -0.39 is 5.54 Å². The Balaban J connectivity index is 2.75. The Morgan fingerprint density at radius 3 is 2.92 bits per heavy atom. The van der Waals surface area contributed by atoms with Gasteiger partial charge in [0.15, 0.2) is 5.54 Å². The van der Waals surface area contributed by atoms with Gasteiger partial charge in [-0.1, -0.05) is 6.92 Å². The third-order valence-corrected chi connectivity index (χ3v) is 2.30. The van der Waals surface area contributed by atoms with Gasteiger partial charge in [-0.2, -0.15) is 5.26 Å². The first-order valence-electron chi connectivity index (χ1n) is 4.14. The summed E-state index contributed by atoms with van der Waals surface area (Å²) in [7, 11) is 0. The lowest BCUT2D eigenvalue weighted by atomic mass is 10.0. The zero-order chi connectivity index (χ0) is 9.03. The quantitative estimate of drug-likeness (QED) is 0.612. The van der Waals surface area contributed by atoms with E-state index in [0.717, 1.165) is 13.1 Å². The molecule has 1 saturated heterocycles. The van der Waals surface area contributed by atoms with E-state index in [1.807, 2.05) is 11.8 Å². The van der Waals surface area contributed by atoms with Crippen molar-refractivity contribution in [3.63, 3.8) is 0 Å². The van der Waals surface area contributed by atoms with Gasteiger partial charge >= 0.3 is 0 Å². The van der Waals surface area contributed by atoms with Gasteiger partial charge in [0.2, 0.25) is 0 Å². The minimum atomic E-state index is -0.799. The van der Waals surface area contributed by atoms with E-state index in [4.69, 9.17) is 15.1 Å². The molecule has 1 aliphatic rings. The van der Waals surface area contributed by atoms with Gasteiger partial charge in [0, 0.05) is 6.54 Å². The molecule has 0 amide bonds. The van der Waals surface area contributed by atoms with Crippen LogP contribution in [-0.4, -0.2) is 48.5 Å². The lowest BCUT2D eigenvalue weighted by molar-refractivity contribution is -0.0605. The average Bonchev–Trinajstić information content (AvgIpc) is 2.17. The molecule has 1 aliphatic heterocycles. The van der Waals surface area contributed by atoms with E-state index in [2.05, 4.69) is 6.07 Å². The van der Waals surface area contributed by atoms with Crippen LogP contribution >= 0.6 is 0 Å². The highest BCUT2D eigenvalue weighted by Crippen LogP contribution is 2.18. The van der Waals surface area contributed by atoms with E-state index in [-0.39, 0.29) is 6.61 Å². The molecule has 4 heteroatoms. The number of rotatable bonds is 2. The largest absolute Gasteiger partial charge is 0.393 e. The zero-order valence-corrected chi connectivity index (χ0v) is 7.29. The Morgan fingerprint density at radius 2 is 2.50 bits per heavy atom. The molecule has 0 aromatic rings.